The van der Waals surface area contributed by atoms with Crippen molar-refractivity contribution >= 4 is 11.6 Å². The van der Waals surface area contributed by atoms with E-state index in [0.29, 0.717) is 12.3 Å². The van der Waals surface area contributed by atoms with Gasteiger partial charge in [-0.05, 0) is 56.4 Å². The SMILES string of the molecule is COc1c(C)cc(NC(=O)C(C)(CC(C)C)OC)cc1C. The molecule has 1 unspecified atom stereocenters. The molecular formula is C17H27NO3. The number of carbonyl (C=O) groups excluding carboxylic acids is 1. The molecule has 1 rings (SSSR count). The average molecular weight is 293 g/mol. The lowest BCUT2D eigenvalue weighted by Gasteiger charge is -2.28. The molecule has 1 N–H and O–H groups in total. The molecule has 0 aliphatic carbocycles. The van der Waals surface area contributed by atoms with E-state index in [-0.39, 0.29) is 5.91 Å². The molecule has 4 heteroatoms. The fraction of sp³-hybridized carbons (Fsp3) is 0.588. The Morgan fingerprint density at radius 3 is 2.14 bits per heavy atom. The summed E-state index contributed by atoms with van der Waals surface area (Å²) in [4.78, 5) is 12.5. The normalized spacial score (nSPS) is 13.9. The van der Waals surface area contributed by atoms with Crippen molar-refractivity contribution in [2.45, 2.75) is 46.6 Å². The van der Waals surface area contributed by atoms with Gasteiger partial charge in [0.2, 0.25) is 0 Å². The summed E-state index contributed by atoms with van der Waals surface area (Å²) in [5, 5.41) is 2.95. The monoisotopic (exact) mass is 293 g/mol. The average Bonchev–Trinajstić information content (AvgIpc) is 2.37. The summed E-state index contributed by atoms with van der Waals surface area (Å²) in [6, 6.07) is 3.82. The van der Waals surface area contributed by atoms with Crippen molar-refractivity contribution in [3.05, 3.63) is 23.3 Å². The number of benzene rings is 1. The Balaban J connectivity index is 2.97. The number of carbonyl (C=O) groups is 1. The molecule has 4 nitrogen and oxygen atoms in total. The molecule has 0 radical (unpaired) electrons. The Labute approximate surface area is 127 Å². The highest BCUT2D eigenvalue weighted by molar-refractivity contribution is 5.97. The van der Waals surface area contributed by atoms with E-state index in [0.717, 1.165) is 22.6 Å². The highest BCUT2D eigenvalue weighted by atomic mass is 16.5. The van der Waals surface area contributed by atoms with Gasteiger partial charge in [-0.25, -0.2) is 0 Å². The van der Waals surface area contributed by atoms with E-state index >= 15 is 0 Å². The first-order chi connectivity index (χ1) is 9.73. The zero-order valence-corrected chi connectivity index (χ0v) is 14.2. The van der Waals surface area contributed by atoms with E-state index in [1.54, 1.807) is 14.2 Å². The van der Waals surface area contributed by atoms with Gasteiger partial charge in [-0.15, -0.1) is 0 Å². The van der Waals surface area contributed by atoms with Gasteiger partial charge < -0.3 is 14.8 Å². The summed E-state index contributed by atoms with van der Waals surface area (Å²) < 4.78 is 10.8. The Morgan fingerprint density at radius 1 is 1.24 bits per heavy atom. The predicted octanol–water partition coefficient (Wildman–Crippen LogP) is 3.70. The summed E-state index contributed by atoms with van der Waals surface area (Å²) in [7, 11) is 3.23. The van der Waals surface area contributed by atoms with E-state index in [1.807, 2.05) is 32.9 Å². The molecule has 1 amide bonds. The first kappa shape index (κ1) is 17.5. The van der Waals surface area contributed by atoms with Gasteiger partial charge in [-0.1, -0.05) is 13.8 Å². The van der Waals surface area contributed by atoms with Crippen molar-refractivity contribution in [1.82, 2.24) is 0 Å². The topological polar surface area (TPSA) is 47.6 Å². The first-order valence-corrected chi connectivity index (χ1v) is 7.25. The smallest absolute Gasteiger partial charge is 0.256 e. The van der Waals surface area contributed by atoms with Gasteiger partial charge in [0, 0.05) is 12.8 Å². The van der Waals surface area contributed by atoms with Crippen LogP contribution in [0.5, 0.6) is 5.75 Å². The quantitative estimate of drug-likeness (QED) is 0.870. The molecule has 0 spiro atoms. The molecule has 1 atom stereocenters. The molecule has 0 fully saturated rings. The van der Waals surface area contributed by atoms with Gasteiger partial charge in [0.25, 0.3) is 5.91 Å². The number of hydrogen-bond donors (Lipinski definition) is 1. The Morgan fingerprint density at radius 2 is 1.76 bits per heavy atom. The minimum atomic E-state index is -0.824. The molecule has 0 saturated carbocycles. The van der Waals surface area contributed by atoms with Crippen LogP contribution in [-0.2, 0) is 9.53 Å². The van der Waals surface area contributed by atoms with Crippen LogP contribution in [0.25, 0.3) is 0 Å². The molecule has 118 valence electrons. The van der Waals surface area contributed by atoms with Crippen molar-refractivity contribution in [3.8, 4) is 5.75 Å². The highest BCUT2D eigenvalue weighted by Gasteiger charge is 2.34. The van der Waals surface area contributed by atoms with Gasteiger partial charge in [0.05, 0.1) is 7.11 Å². The number of amides is 1. The van der Waals surface area contributed by atoms with Crippen LogP contribution in [0.2, 0.25) is 0 Å². The van der Waals surface area contributed by atoms with E-state index in [9.17, 15) is 4.79 Å². The highest BCUT2D eigenvalue weighted by Crippen LogP contribution is 2.28. The second-order valence-corrected chi connectivity index (χ2v) is 6.13. The van der Waals surface area contributed by atoms with Crippen molar-refractivity contribution in [2.75, 3.05) is 19.5 Å². The summed E-state index contributed by atoms with van der Waals surface area (Å²) in [5.74, 6) is 1.10. The number of anilines is 1. The molecule has 0 saturated heterocycles. The van der Waals surface area contributed by atoms with Crippen LogP contribution in [0, 0.1) is 19.8 Å². The maximum atomic E-state index is 12.5. The maximum Gasteiger partial charge on any atom is 0.256 e. The van der Waals surface area contributed by atoms with Crippen LogP contribution in [0.15, 0.2) is 12.1 Å². The molecule has 0 aliphatic rings. The van der Waals surface area contributed by atoms with E-state index in [2.05, 4.69) is 19.2 Å². The minimum absolute atomic E-state index is 0.123. The molecule has 0 aliphatic heterocycles. The van der Waals surface area contributed by atoms with Gasteiger partial charge in [-0.3, -0.25) is 4.79 Å². The zero-order valence-electron chi connectivity index (χ0n) is 14.2. The molecule has 1 aromatic carbocycles. The van der Waals surface area contributed by atoms with Gasteiger partial charge in [0.1, 0.15) is 11.4 Å². The number of rotatable bonds is 6. The number of aryl methyl sites for hydroxylation is 2. The molecule has 0 heterocycles. The van der Waals surface area contributed by atoms with Crippen molar-refractivity contribution in [3.63, 3.8) is 0 Å². The fourth-order valence-corrected chi connectivity index (χ4v) is 2.66. The first-order valence-electron chi connectivity index (χ1n) is 7.25. The fourth-order valence-electron chi connectivity index (χ4n) is 2.66. The number of methoxy groups -OCH3 is 2. The lowest BCUT2D eigenvalue weighted by molar-refractivity contribution is -0.137. The second-order valence-electron chi connectivity index (χ2n) is 6.13. The lowest BCUT2D eigenvalue weighted by Crippen LogP contribution is -2.43. The summed E-state index contributed by atoms with van der Waals surface area (Å²) in [6.45, 7) is 9.90. The van der Waals surface area contributed by atoms with Crippen LogP contribution in [0.4, 0.5) is 5.69 Å². The largest absolute Gasteiger partial charge is 0.496 e. The van der Waals surface area contributed by atoms with Gasteiger partial charge in [0.15, 0.2) is 0 Å². The third-order valence-corrected chi connectivity index (χ3v) is 3.65. The predicted molar refractivity (Wildman–Crippen MR) is 86.0 cm³/mol. The second kappa shape index (κ2) is 6.94. The Hall–Kier alpha value is -1.55. The molecule has 21 heavy (non-hydrogen) atoms. The van der Waals surface area contributed by atoms with E-state index < -0.39 is 5.60 Å². The molecule has 1 aromatic rings. The van der Waals surface area contributed by atoms with Crippen LogP contribution in [0.1, 0.15) is 38.3 Å². The molecular weight excluding hydrogens is 266 g/mol. The number of nitrogens with one attached hydrogen (secondary N) is 1. The zero-order chi connectivity index (χ0) is 16.2. The van der Waals surface area contributed by atoms with Gasteiger partial charge >= 0.3 is 0 Å². The third-order valence-electron chi connectivity index (χ3n) is 3.65. The summed E-state index contributed by atoms with van der Waals surface area (Å²) in [5.41, 5.74) is 1.94. The summed E-state index contributed by atoms with van der Waals surface area (Å²) >= 11 is 0. The number of hydrogen-bond acceptors (Lipinski definition) is 3. The maximum absolute atomic E-state index is 12.5. The third kappa shape index (κ3) is 4.21. The number of ether oxygens (including phenoxy) is 2. The van der Waals surface area contributed by atoms with E-state index in [4.69, 9.17) is 9.47 Å². The minimum Gasteiger partial charge on any atom is -0.496 e. The van der Waals surface area contributed by atoms with Crippen LogP contribution in [0.3, 0.4) is 0 Å². The van der Waals surface area contributed by atoms with E-state index in [1.165, 1.54) is 0 Å². The van der Waals surface area contributed by atoms with Crippen LogP contribution >= 0.6 is 0 Å². The molecule has 0 bridgehead atoms. The van der Waals surface area contributed by atoms with Crippen LogP contribution < -0.4 is 10.1 Å². The Kier molecular flexibility index (Phi) is 5.78. The standard InChI is InChI=1S/C17H27NO3/c1-11(2)10-17(5,21-7)16(19)18-14-8-12(3)15(20-6)13(4)9-14/h8-9,11H,10H2,1-7H3,(H,18,19). The summed E-state index contributed by atoms with van der Waals surface area (Å²) in [6.07, 6.45) is 0.670. The lowest BCUT2D eigenvalue weighted by atomic mass is 9.93. The Bertz CT molecular complexity index is 488. The van der Waals surface area contributed by atoms with Crippen molar-refractivity contribution < 1.29 is 14.3 Å². The molecule has 0 aromatic heterocycles. The van der Waals surface area contributed by atoms with Gasteiger partial charge in [-0.2, -0.15) is 0 Å². The van der Waals surface area contributed by atoms with Crippen LogP contribution in [-0.4, -0.2) is 25.7 Å². The van der Waals surface area contributed by atoms with Crippen molar-refractivity contribution in [2.24, 2.45) is 5.92 Å². The van der Waals surface area contributed by atoms with Crippen molar-refractivity contribution in [1.29, 1.82) is 0 Å².